The summed E-state index contributed by atoms with van der Waals surface area (Å²) in [6, 6.07) is 8.85. The van der Waals surface area contributed by atoms with Crippen molar-refractivity contribution in [3.05, 3.63) is 40.7 Å². The van der Waals surface area contributed by atoms with Gasteiger partial charge in [-0.3, -0.25) is 4.79 Å². The maximum Gasteiger partial charge on any atom is 0.274 e. The van der Waals surface area contributed by atoms with Crippen LogP contribution in [-0.4, -0.2) is 32.5 Å². The molecule has 0 amide bonds. The fraction of sp³-hybridized carbons (Fsp3) is 0.312. The molecule has 118 valence electrons. The third-order valence-electron chi connectivity index (χ3n) is 3.41. The van der Waals surface area contributed by atoms with Crippen LogP contribution in [0, 0.1) is 0 Å². The average molecular weight is 304 g/mol. The lowest BCUT2D eigenvalue weighted by molar-refractivity contribution is 0.186. The molecule has 2 rings (SSSR count). The second-order valence-corrected chi connectivity index (χ2v) is 4.69. The summed E-state index contributed by atoms with van der Waals surface area (Å²) in [5, 5.41) is 0. The van der Waals surface area contributed by atoms with Crippen LogP contribution in [0.1, 0.15) is 0 Å². The Balaban J connectivity index is 2.61. The van der Waals surface area contributed by atoms with Crippen molar-refractivity contribution in [2.45, 2.75) is 6.54 Å². The summed E-state index contributed by atoms with van der Waals surface area (Å²) in [7, 11) is 4.75. The van der Waals surface area contributed by atoms with Crippen LogP contribution >= 0.6 is 0 Å². The topological polar surface area (TPSA) is 75.7 Å². The van der Waals surface area contributed by atoms with Gasteiger partial charge in [0.2, 0.25) is 0 Å². The molecule has 2 N–H and O–H groups in total. The molecule has 0 unspecified atom stereocenters. The number of rotatable bonds is 6. The van der Waals surface area contributed by atoms with Gasteiger partial charge in [0.1, 0.15) is 11.5 Å². The summed E-state index contributed by atoms with van der Waals surface area (Å²) in [5.41, 5.74) is 7.19. The molecule has 1 heterocycles. The molecule has 0 aliphatic carbocycles. The van der Waals surface area contributed by atoms with Crippen molar-refractivity contribution >= 4 is 5.69 Å². The summed E-state index contributed by atoms with van der Waals surface area (Å²) in [6.45, 7) is 0.819. The van der Waals surface area contributed by atoms with E-state index in [-0.39, 0.29) is 11.2 Å². The maximum atomic E-state index is 12.3. The fourth-order valence-corrected chi connectivity index (χ4v) is 2.25. The summed E-state index contributed by atoms with van der Waals surface area (Å²) in [4.78, 5) is 12.3. The molecular weight excluding hydrogens is 284 g/mol. The standard InChI is InChI=1S/C16H20N2O4/c1-20-9-8-18-14(7-6-13(17)16(18)19)12-5-4-11(21-2)10-15(12)22-3/h4-7,10H,8-9,17H2,1-3H3. The number of hydrogen-bond donors (Lipinski definition) is 1. The molecular formula is C16H20N2O4. The van der Waals surface area contributed by atoms with E-state index >= 15 is 0 Å². The van der Waals surface area contributed by atoms with Crippen molar-refractivity contribution in [2.75, 3.05) is 33.7 Å². The summed E-state index contributed by atoms with van der Waals surface area (Å²) in [5.74, 6) is 1.30. The van der Waals surface area contributed by atoms with Crippen LogP contribution in [0.4, 0.5) is 5.69 Å². The first-order valence-corrected chi connectivity index (χ1v) is 6.83. The predicted octanol–water partition coefficient (Wildman–Crippen LogP) is 1.76. The van der Waals surface area contributed by atoms with Gasteiger partial charge in [0, 0.05) is 25.3 Å². The SMILES string of the molecule is COCCn1c(-c2ccc(OC)cc2OC)ccc(N)c1=O. The van der Waals surface area contributed by atoms with Gasteiger partial charge in [-0.1, -0.05) is 0 Å². The molecule has 6 heteroatoms. The van der Waals surface area contributed by atoms with Gasteiger partial charge < -0.3 is 24.5 Å². The van der Waals surface area contributed by atoms with Gasteiger partial charge in [-0.15, -0.1) is 0 Å². The van der Waals surface area contributed by atoms with Crippen molar-refractivity contribution < 1.29 is 14.2 Å². The highest BCUT2D eigenvalue weighted by atomic mass is 16.5. The number of aromatic nitrogens is 1. The quantitative estimate of drug-likeness (QED) is 0.880. The van der Waals surface area contributed by atoms with E-state index in [2.05, 4.69) is 0 Å². The number of anilines is 1. The Kier molecular flexibility index (Phi) is 5.06. The summed E-state index contributed by atoms with van der Waals surface area (Å²) >= 11 is 0. The lowest BCUT2D eigenvalue weighted by Crippen LogP contribution is -2.26. The van der Waals surface area contributed by atoms with Gasteiger partial charge in [-0.2, -0.15) is 0 Å². The van der Waals surface area contributed by atoms with Gasteiger partial charge in [0.15, 0.2) is 0 Å². The van der Waals surface area contributed by atoms with Crippen LogP contribution < -0.4 is 20.8 Å². The van der Waals surface area contributed by atoms with Crippen LogP contribution in [0.5, 0.6) is 11.5 Å². The zero-order chi connectivity index (χ0) is 16.1. The first-order valence-electron chi connectivity index (χ1n) is 6.83. The first kappa shape index (κ1) is 15.9. The van der Waals surface area contributed by atoms with Crippen LogP contribution in [0.15, 0.2) is 35.1 Å². The Labute approximate surface area is 129 Å². The molecule has 1 aromatic heterocycles. The molecule has 1 aromatic carbocycles. The van der Waals surface area contributed by atoms with Crippen LogP contribution in [-0.2, 0) is 11.3 Å². The smallest absolute Gasteiger partial charge is 0.274 e. The van der Waals surface area contributed by atoms with E-state index in [1.54, 1.807) is 44.1 Å². The third-order valence-corrected chi connectivity index (χ3v) is 3.41. The largest absolute Gasteiger partial charge is 0.497 e. The number of methoxy groups -OCH3 is 3. The second-order valence-electron chi connectivity index (χ2n) is 4.69. The minimum absolute atomic E-state index is 0.201. The van der Waals surface area contributed by atoms with Crippen LogP contribution in [0.2, 0.25) is 0 Å². The molecule has 0 spiro atoms. The van der Waals surface area contributed by atoms with Gasteiger partial charge >= 0.3 is 0 Å². The van der Waals surface area contributed by atoms with Crippen molar-refractivity contribution in [1.29, 1.82) is 0 Å². The first-order chi connectivity index (χ1) is 10.6. The van der Waals surface area contributed by atoms with E-state index in [1.165, 1.54) is 0 Å². The monoisotopic (exact) mass is 304 g/mol. The zero-order valence-electron chi connectivity index (χ0n) is 13.0. The molecule has 0 saturated heterocycles. The highest BCUT2D eigenvalue weighted by Gasteiger charge is 2.13. The average Bonchev–Trinajstić information content (AvgIpc) is 2.55. The number of hydrogen-bond acceptors (Lipinski definition) is 5. The van der Waals surface area contributed by atoms with E-state index in [9.17, 15) is 4.79 Å². The Morgan fingerprint density at radius 3 is 2.50 bits per heavy atom. The summed E-state index contributed by atoms with van der Waals surface area (Å²) in [6.07, 6.45) is 0. The van der Waals surface area contributed by atoms with Crippen molar-refractivity contribution in [3.63, 3.8) is 0 Å². The van der Waals surface area contributed by atoms with Crippen LogP contribution in [0.3, 0.4) is 0 Å². The number of nitrogen functional groups attached to an aromatic ring is 1. The van der Waals surface area contributed by atoms with E-state index in [1.807, 2.05) is 12.1 Å². The normalized spacial score (nSPS) is 10.5. The Morgan fingerprint density at radius 2 is 1.86 bits per heavy atom. The number of nitrogens with two attached hydrogens (primary N) is 1. The van der Waals surface area contributed by atoms with Crippen molar-refractivity contribution in [2.24, 2.45) is 0 Å². The van der Waals surface area contributed by atoms with E-state index in [0.717, 1.165) is 11.3 Å². The summed E-state index contributed by atoms with van der Waals surface area (Å²) < 4.78 is 17.3. The van der Waals surface area contributed by atoms with Gasteiger partial charge in [0.25, 0.3) is 5.56 Å². The third kappa shape index (κ3) is 3.07. The Morgan fingerprint density at radius 1 is 1.09 bits per heavy atom. The molecule has 0 atom stereocenters. The lowest BCUT2D eigenvalue weighted by atomic mass is 10.1. The maximum absolute atomic E-state index is 12.3. The minimum Gasteiger partial charge on any atom is -0.497 e. The predicted molar refractivity (Wildman–Crippen MR) is 85.5 cm³/mol. The molecule has 0 fully saturated rings. The van der Waals surface area contributed by atoms with Gasteiger partial charge in [-0.25, -0.2) is 0 Å². The Bertz CT molecular complexity index is 710. The van der Waals surface area contributed by atoms with E-state index in [4.69, 9.17) is 19.9 Å². The lowest BCUT2D eigenvalue weighted by Gasteiger charge is -2.16. The zero-order valence-corrected chi connectivity index (χ0v) is 13.0. The van der Waals surface area contributed by atoms with Crippen LogP contribution in [0.25, 0.3) is 11.3 Å². The number of nitrogens with zero attached hydrogens (tertiary/aromatic N) is 1. The molecule has 22 heavy (non-hydrogen) atoms. The minimum atomic E-state index is -0.243. The Hall–Kier alpha value is -2.47. The highest BCUT2D eigenvalue weighted by Crippen LogP contribution is 2.32. The molecule has 0 radical (unpaired) electrons. The van der Waals surface area contributed by atoms with E-state index in [0.29, 0.717) is 24.7 Å². The molecule has 0 aliphatic heterocycles. The number of benzene rings is 1. The highest BCUT2D eigenvalue weighted by molar-refractivity contribution is 5.70. The molecule has 0 saturated carbocycles. The molecule has 0 bridgehead atoms. The second kappa shape index (κ2) is 7.00. The fourth-order valence-electron chi connectivity index (χ4n) is 2.25. The number of pyridine rings is 1. The van der Waals surface area contributed by atoms with E-state index < -0.39 is 0 Å². The molecule has 6 nitrogen and oxygen atoms in total. The molecule has 2 aromatic rings. The van der Waals surface area contributed by atoms with Gasteiger partial charge in [0.05, 0.1) is 32.2 Å². The molecule has 0 aliphatic rings. The van der Waals surface area contributed by atoms with Crippen molar-refractivity contribution in [3.8, 4) is 22.8 Å². The van der Waals surface area contributed by atoms with Gasteiger partial charge in [-0.05, 0) is 24.3 Å². The van der Waals surface area contributed by atoms with Crippen molar-refractivity contribution in [1.82, 2.24) is 4.57 Å². The number of ether oxygens (including phenoxy) is 3.